The van der Waals surface area contributed by atoms with Crippen LogP contribution in [0.25, 0.3) is 0 Å². The number of carbonyl (C=O) groups excluding carboxylic acids is 1. The smallest absolute Gasteiger partial charge is 0.234 e. The van der Waals surface area contributed by atoms with Crippen LogP contribution in [0.3, 0.4) is 0 Å². The molecule has 0 aliphatic carbocycles. The summed E-state index contributed by atoms with van der Waals surface area (Å²) in [7, 11) is 0. The summed E-state index contributed by atoms with van der Waals surface area (Å²) in [6.07, 6.45) is 0.764. The van der Waals surface area contributed by atoms with Gasteiger partial charge in [-0.05, 0) is 13.3 Å². The molecule has 0 bridgehead atoms. The molecule has 98 valence electrons. The monoisotopic (exact) mass is 258 g/mol. The van der Waals surface area contributed by atoms with Gasteiger partial charge in [-0.3, -0.25) is 14.6 Å². The molecular weight excluding hydrogens is 236 g/mol. The van der Waals surface area contributed by atoms with Crippen LogP contribution in [0.4, 0.5) is 0 Å². The number of nitrogens with two attached hydrogens (primary N) is 2. The quantitative estimate of drug-likeness (QED) is 0.653. The van der Waals surface area contributed by atoms with Gasteiger partial charge in [-0.2, -0.15) is 0 Å². The molecule has 17 heavy (non-hydrogen) atoms. The van der Waals surface area contributed by atoms with Gasteiger partial charge < -0.3 is 11.5 Å². The van der Waals surface area contributed by atoms with Gasteiger partial charge in [-0.15, -0.1) is 0 Å². The average Bonchev–Trinajstić information content (AvgIpc) is 2.29. The van der Waals surface area contributed by atoms with E-state index in [9.17, 15) is 4.79 Å². The Morgan fingerprint density at radius 3 is 2.06 bits per heavy atom. The van der Waals surface area contributed by atoms with Crippen LogP contribution in [0.5, 0.6) is 0 Å². The summed E-state index contributed by atoms with van der Waals surface area (Å²) in [6.45, 7) is 7.44. The molecule has 0 aromatic carbocycles. The lowest BCUT2D eigenvalue weighted by molar-refractivity contribution is -0.124. The highest BCUT2D eigenvalue weighted by Crippen LogP contribution is 2.11. The van der Waals surface area contributed by atoms with Crippen molar-refractivity contribution in [3.63, 3.8) is 0 Å². The Morgan fingerprint density at radius 2 is 1.71 bits per heavy atom. The van der Waals surface area contributed by atoms with Crippen molar-refractivity contribution in [1.82, 2.24) is 9.80 Å². The molecule has 1 amide bonds. The molecule has 1 rings (SSSR count). The fourth-order valence-corrected chi connectivity index (χ4v) is 2.40. The summed E-state index contributed by atoms with van der Waals surface area (Å²) < 4.78 is 0. The fraction of sp³-hybridized carbons (Fsp3) is 0.818. The van der Waals surface area contributed by atoms with Crippen LogP contribution in [-0.2, 0) is 4.79 Å². The lowest BCUT2D eigenvalue weighted by Gasteiger charge is -2.40. The molecule has 4 N–H and O–H groups in total. The maximum Gasteiger partial charge on any atom is 0.234 e. The summed E-state index contributed by atoms with van der Waals surface area (Å²) in [5.74, 6) is -0.233. The Kier molecular flexibility index (Phi) is 5.30. The molecule has 0 spiro atoms. The fourth-order valence-electron chi connectivity index (χ4n) is 2.26. The predicted molar refractivity (Wildman–Crippen MR) is 72.7 cm³/mol. The van der Waals surface area contributed by atoms with Crippen LogP contribution in [0.2, 0.25) is 0 Å². The van der Waals surface area contributed by atoms with Gasteiger partial charge in [0, 0.05) is 26.2 Å². The van der Waals surface area contributed by atoms with Gasteiger partial charge in [-0.1, -0.05) is 19.1 Å². The van der Waals surface area contributed by atoms with E-state index in [-0.39, 0.29) is 18.0 Å². The lowest BCUT2D eigenvalue weighted by atomic mass is 10.1. The molecule has 1 heterocycles. The zero-order valence-electron chi connectivity index (χ0n) is 10.6. The van der Waals surface area contributed by atoms with E-state index >= 15 is 0 Å². The number of piperazine rings is 1. The summed E-state index contributed by atoms with van der Waals surface area (Å²) in [4.78, 5) is 16.2. The molecule has 1 aliphatic heterocycles. The number of thiocarbonyl (C=S) groups is 1. The van der Waals surface area contributed by atoms with Crippen molar-refractivity contribution in [3.8, 4) is 0 Å². The molecule has 2 unspecified atom stereocenters. The number of nitrogens with zero attached hydrogens (tertiary/aromatic N) is 2. The van der Waals surface area contributed by atoms with Crippen molar-refractivity contribution in [1.29, 1.82) is 0 Å². The molecule has 5 nitrogen and oxygen atoms in total. The van der Waals surface area contributed by atoms with Crippen molar-refractivity contribution in [2.24, 2.45) is 11.5 Å². The highest BCUT2D eigenvalue weighted by Gasteiger charge is 2.28. The zero-order valence-corrected chi connectivity index (χ0v) is 11.4. The molecule has 1 saturated heterocycles. The van der Waals surface area contributed by atoms with Crippen LogP contribution in [-0.4, -0.2) is 59.0 Å². The molecule has 0 aromatic heterocycles. The summed E-state index contributed by atoms with van der Waals surface area (Å²) in [5.41, 5.74) is 11.0. The van der Waals surface area contributed by atoms with Crippen LogP contribution >= 0.6 is 12.2 Å². The first kappa shape index (κ1) is 14.3. The third kappa shape index (κ3) is 3.62. The lowest BCUT2D eigenvalue weighted by Crippen LogP contribution is -2.57. The average molecular weight is 258 g/mol. The molecule has 1 aliphatic rings. The molecule has 1 fully saturated rings. The van der Waals surface area contributed by atoms with E-state index < -0.39 is 0 Å². The molecule has 0 saturated carbocycles. The largest absolute Gasteiger partial charge is 0.392 e. The second-order valence-electron chi connectivity index (χ2n) is 4.48. The SMILES string of the molecule is CCC(C(N)=O)N1CCN(C(C)C(N)=S)CC1. The van der Waals surface area contributed by atoms with Gasteiger partial charge in [0.1, 0.15) is 0 Å². The molecule has 6 heteroatoms. The maximum absolute atomic E-state index is 11.3. The van der Waals surface area contributed by atoms with Gasteiger partial charge in [0.15, 0.2) is 0 Å². The Balaban J connectivity index is 2.50. The van der Waals surface area contributed by atoms with E-state index in [1.807, 2.05) is 13.8 Å². The summed E-state index contributed by atoms with van der Waals surface area (Å²) in [6, 6.07) is -0.0157. The number of rotatable bonds is 5. The molecular formula is C11H22N4OS. The first-order valence-electron chi connectivity index (χ1n) is 6.04. The Labute approximate surface area is 108 Å². The van der Waals surface area contributed by atoms with Gasteiger partial charge >= 0.3 is 0 Å². The van der Waals surface area contributed by atoms with Crippen molar-refractivity contribution < 1.29 is 4.79 Å². The number of hydrogen-bond acceptors (Lipinski definition) is 4. The minimum Gasteiger partial charge on any atom is -0.392 e. The summed E-state index contributed by atoms with van der Waals surface area (Å²) >= 11 is 4.99. The minimum absolute atomic E-state index is 0.126. The Morgan fingerprint density at radius 1 is 1.24 bits per heavy atom. The second kappa shape index (κ2) is 6.28. The standard InChI is InChI=1S/C11H22N4OS/c1-3-9(10(12)16)15-6-4-14(5-7-15)8(2)11(13)17/h8-9H,3-7H2,1-2H3,(H2,12,16)(H2,13,17). The van der Waals surface area contributed by atoms with Crippen LogP contribution in [0, 0.1) is 0 Å². The third-order valence-corrected chi connectivity index (χ3v) is 3.81. The third-order valence-electron chi connectivity index (χ3n) is 3.46. The van der Waals surface area contributed by atoms with Crippen molar-refractivity contribution in [2.45, 2.75) is 32.4 Å². The summed E-state index contributed by atoms with van der Waals surface area (Å²) in [5, 5.41) is 0. The van der Waals surface area contributed by atoms with E-state index in [1.165, 1.54) is 0 Å². The Bertz CT molecular complexity index is 289. The number of hydrogen-bond donors (Lipinski definition) is 2. The number of primary amides is 1. The highest BCUT2D eigenvalue weighted by atomic mass is 32.1. The van der Waals surface area contributed by atoms with E-state index in [4.69, 9.17) is 23.7 Å². The van der Waals surface area contributed by atoms with E-state index in [0.717, 1.165) is 32.6 Å². The zero-order chi connectivity index (χ0) is 13.0. The predicted octanol–water partition coefficient (Wildman–Crippen LogP) is -0.457. The van der Waals surface area contributed by atoms with E-state index in [1.54, 1.807) is 0 Å². The van der Waals surface area contributed by atoms with Crippen molar-refractivity contribution in [2.75, 3.05) is 26.2 Å². The first-order valence-corrected chi connectivity index (χ1v) is 6.45. The maximum atomic E-state index is 11.3. The van der Waals surface area contributed by atoms with Gasteiger partial charge in [-0.25, -0.2) is 0 Å². The van der Waals surface area contributed by atoms with E-state index in [0.29, 0.717) is 4.99 Å². The molecule has 0 aromatic rings. The number of carbonyl (C=O) groups is 1. The normalized spacial score (nSPS) is 22.0. The second-order valence-corrected chi connectivity index (χ2v) is 4.95. The molecule has 0 radical (unpaired) electrons. The Hall–Kier alpha value is -0.720. The van der Waals surface area contributed by atoms with Gasteiger partial charge in [0.2, 0.25) is 5.91 Å². The van der Waals surface area contributed by atoms with Crippen molar-refractivity contribution >= 4 is 23.1 Å². The van der Waals surface area contributed by atoms with Gasteiger partial charge in [0.05, 0.1) is 17.1 Å². The number of amides is 1. The van der Waals surface area contributed by atoms with Crippen LogP contribution < -0.4 is 11.5 Å². The van der Waals surface area contributed by atoms with Crippen molar-refractivity contribution in [3.05, 3.63) is 0 Å². The van der Waals surface area contributed by atoms with Gasteiger partial charge in [0.25, 0.3) is 0 Å². The first-order chi connectivity index (χ1) is 7.97. The van der Waals surface area contributed by atoms with Crippen LogP contribution in [0.1, 0.15) is 20.3 Å². The topological polar surface area (TPSA) is 75.6 Å². The minimum atomic E-state index is -0.233. The van der Waals surface area contributed by atoms with E-state index in [2.05, 4.69) is 9.80 Å². The highest BCUT2D eigenvalue weighted by molar-refractivity contribution is 7.80. The molecule has 2 atom stereocenters. The van der Waals surface area contributed by atoms with Crippen LogP contribution in [0.15, 0.2) is 0 Å².